The van der Waals surface area contributed by atoms with Gasteiger partial charge in [-0.25, -0.2) is 4.79 Å². The van der Waals surface area contributed by atoms with Gasteiger partial charge in [-0.15, -0.1) is 0 Å². The van der Waals surface area contributed by atoms with E-state index in [9.17, 15) is 9.59 Å². The average molecular weight is 238 g/mol. The maximum atomic E-state index is 11.4. The van der Waals surface area contributed by atoms with E-state index in [1.165, 1.54) is 13.0 Å². The number of allylic oxidation sites excluding steroid dienone is 1. The van der Waals surface area contributed by atoms with Gasteiger partial charge in [0.2, 0.25) is 0 Å². The molecular weight excluding hydrogens is 224 g/mol. The zero-order valence-electron chi connectivity index (χ0n) is 9.66. The summed E-state index contributed by atoms with van der Waals surface area (Å²) in [6.45, 7) is 3.04. The van der Waals surface area contributed by atoms with E-state index in [-0.39, 0.29) is 12.2 Å². The lowest BCUT2D eigenvalue weighted by Gasteiger charge is -2.23. The summed E-state index contributed by atoms with van der Waals surface area (Å²) in [5.41, 5.74) is 0. The third-order valence-electron chi connectivity index (χ3n) is 2.63. The van der Waals surface area contributed by atoms with Gasteiger partial charge in [0.15, 0.2) is 12.2 Å². The number of fused-ring (bicyclic) bond motifs is 2. The molecule has 2 unspecified atom stereocenters. The number of ether oxygens (including phenoxy) is 3. The van der Waals surface area contributed by atoms with Gasteiger partial charge in [0.1, 0.15) is 12.2 Å². The van der Waals surface area contributed by atoms with Crippen LogP contribution in [-0.4, -0.2) is 36.4 Å². The molecule has 2 aliphatic heterocycles. The van der Waals surface area contributed by atoms with Crippen molar-refractivity contribution in [2.45, 2.75) is 38.3 Å². The summed E-state index contributed by atoms with van der Waals surface area (Å²) in [4.78, 5) is 22.4. The predicted octanol–water partition coefficient (Wildman–Crippen LogP) is 0.743. The molecule has 4 atom stereocenters. The molecule has 0 aromatic carbocycles. The van der Waals surface area contributed by atoms with Gasteiger partial charge >= 0.3 is 11.9 Å². The fraction of sp³-hybridized carbons (Fsp3) is 0.500. The zero-order valence-corrected chi connectivity index (χ0v) is 9.66. The molecule has 2 rings (SSSR count). The quantitative estimate of drug-likeness (QED) is 0.412. The minimum atomic E-state index is -0.558. The van der Waals surface area contributed by atoms with Gasteiger partial charge in [-0.2, -0.15) is 0 Å². The molecule has 0 aromatic rings. The molecule has 0 spiro atoms. The van der Waals surface area contributed by atoms with Crippen LogP contribution >= 0.6 is 0 Å². The van der Waals surface area contributed by atoms with Crippen molar-refractivity contribution in [3.05, 3.63) is 24.3 Å². The Balaban J connectivity index is 2.06. The molecule has 1 saturated heterocycles. The third-order valence-corrected chi connectivity index (χ3v) is 2.63. The Kier molecular flexibility index (Phi) is 3.28. The standard InChI is InChI=1S/C12H14O5/c1-3-4-10(14)17-12-9-6-5-8(16-9)11(12)15-7(2)13/h3-6,8-9,11-12H,1-2H3/b4-3+/t8?,9?,11-,12+/m0/s1. The van der Waals surface area contributed by atoms with Crippen molar-refractivity contribution in [2.75, 3.05) is 0 Å². The summed E-state index contributed by atoms with van der Waals surface area (Å²) in [5.74, 6) is -0.870. The smallest absolute Gasteiger partial charge is 0.330 e. The van der Waals surface area contributed by atoms with Crippen molar-refractivity contribution in [3.8, 4) is 0 Å². The van der Waals surface area contributed by atoms with Crippen molar-refractivity contribution >= 4 is 11.9 Å². The first kappa shape index (κ1) is 11.9. The molecular formula is C12H14O5. The predicted molar refractivity (Wildman–Crippen MR) is 58.0 cm³/mol. The van der Waals surface area contributed by atoms with Crippen LogP contribution in [-0.2, 0) is 23.8 Å². The lowest BCUT2D eigenvalue weighted by atomic mass is 10.0. The molecule has 2 bridgehead atoms. The van der Waals surface area contributed by atoms with Crippen LogP contribution in [0.5, 0.6) is 0 Å². The average Bonchev–Trinajstić information content (AvgIpc) is 2.81. The van der Waals surface area contributed by atoms with E-state index < -0.39 is 24.1 Å². The fourth-order valence-electron chi connectivity index (χ4n) is 2.01. The van der Waals surface area contributed by atoms with Crippen LogP contribution in [0.3, 0.4) is 0 Å². The van der Waals surface area contributed by atoms with Crippen molar-refractivity contribution < 1.29 is 23.8 Å². The maximum absolute atomic E-state index is 11.4. The lowest BCUT2D eigenvalue weighted by molar-refractivity contribution is -0.161. The highest BCUT2D eigenvalue weighted by molar-refractivity contribution is 5.82. The van der Waals surface area contributed by atoms with E-state index in [1.54, 1.807) is 13.0 Å². The van der Waals surface area contributed by atoms with Crippen LogP contribution in [0, 0.1) is 0 Å². The van der Waals surface area contributed by atoms with Gasteiger partial charge in [0, 0.05) is 13.0 Å². The van der Waals surface area contributed by atoms with Crippen molar-refractivity contribution in [3.63, 3.8) is 0 Å². The Bertz CT molecular complexity index is 384. The molecule has 0 saturated carbocycles. The molecule has 92 valence electrons. The number of carbonyl (C=O) groups excluding carboxylic acids is 2. The summed E-state index contributed by atoms with van der Waals surface area (Å²) in [5, 5.41) is 0. The van der Waals surface area contributed by atoms with Crippen LogP contribution in [0.2, 0.25) is 0 Å². The van der Waals surface area contributed by atoms with E-state index >= 15 is 0 Å². The Morgan fingerprint density at radius 3 is 2.29 bits per heavy atom. The second-order valence-electron chi connectivity index (χ2n) is 3.93. The molecule has 2 heterocycles. The normalized spacial score (nSPS) is 34.2. The second kappa shape index (κ2) is 4.71. The van der Waals surface area contributed by atoms with Gasteiger partial charge < -0.3 is 14.2 Å². The van der Waals surface area contributed by atoms with E-state index in [0.717, 1.165) is 0 Å². The van der Waals surface area contributed by atoms with E-state index in [2.05, 4.69) is 0 Å². The summed E-state index contributed by atoms with van der Waals surface area (Å²) < 4.78 is 15.8. The number of esters is 2. The summed E-state index contributed by atoms with van der Waals surface area (Å²) in [6, 6.07) is 0. The first-order valence-corrected chi connectivity index (χ1v) is 5.46. The highest BCUT2D eigenvalue weighted by Gasteiger charge is 2.50. The number of hydrogen-bond donors (Lipinski definition) is 0. The fourth-order valence-corrected chi connectivity index (χ4v) is 2.01. The van der Waals surface area contributed by atoms with Gasteiger partial charge in [-0.05, 0) is 6.92 Å². The minimum Gasteiger partial charge on any atom is -0.455 e. The number of carbonyl (C=O) groups is 2. The number of rotatable bonds is 3. The van der Waals surface area contributed by atoms with Crippen LogP contribution in [0.25, 0.3) is 0 Å². The molecule has 0 N–H and O–H groups in total. The van der Waals surface area contributed by atoms with E-state index in [1.807, 2.05) is 12.2 Å². The molecule has 0 radical (unpaired) electrons. The Morgan fingerprint density at radius 1 is 1.18 bits per heavy atom. The molecule has 0 aromatic heterocycles. The topological polar surface area (TPSA) is 61.8 Å². The number of hydrogen-bond acceptors (Lipinski definition) is 5. The monoisotopic (exact) mass is 238 g/mol. The summed E-state index contributed by atoms with van der Waals surface area (Å²) >= 11 is 0. The van der Waals surface area contributed by atoms with E-state index in [0.29, 0.717) is 0 Å². The van der Waals surface area contributed by atoms with Gasteiger partial charge in [0.05, 0.1) is 0 Å². The molecule has 2 aliphatic rings. The Labute approximate surface area is 99.0 Å². The Morgan fingerprint density at radius 2 is 1.76 bits per heavy atom. The SMILES string of the molecule is C/C=C/C(=O)O[C@@H]1C2C=CC(O2)[C@@H]1OC(C)=O. The third kappa shape index (κ3) is 2.39. The van der Waals surface area contributed by atoms with Gasteiger partial charge in [-0.1, -0.05) is 18.2 Å². The first-order chi connectivity index (χ1) is 8.11. The highest BCUT2D eigenvalue weighted by Crippen LogP contribution is 2.33. The summed E-state index contributed by atoms with van der Waals surface area (Å²) in [6.07, 6.45) is 4.81. The van der Waals surface area contributed by atoms with Crippen molar-refractivity contribution in [1.82, 2.24) is 0 Å². The molecule has 1 fully saturated rings. The van der Waals surface area contributed by atoms with Crippen molar-refractivity contribution in [2.24, 2.45) is 0 Å². The summed E-state index contributed by atoms with van der Waals surface area (Å²) in [7, 11) is 0. The molecule has 0 aliphatic carbocycles. The van der Waals surface area contributed by atoms with E-state index in [4.69, 9.17) is 14.2 Å². The van der Waals surface area contributed by atoms with Gasteiger partial charge in [0.25, 0.3) is 0 Å². The zero-order chi connectivity index (χ0) is 12.4. The molecule has 5 heteroatoms. The van der Waals surface area contributed by atoms with Crippen molar-refractivity contribution in [1.29, 1.82) is 0 Å². The Hall–Kier alpha value is -1.62. The molecule has 17 heavy (non-hydrogen) atoms. The first-order valence-electron chi connectivity index (χ1n) is 5.46. The molecule has 5 nitrogen and oxygen atoms in total. The second-order valence-corrected chi connectivity index (χ2v) is 3.93. The molecule has 0 amide bonds. The highest BCUT2D eigenvalue weighted by atomic mass is 16.6. The van der Waals surface area contributed by atoms with Crippen LogP contribution in [0.4, 0.5) is 0 Å². The maximum Gasteiger partial charge on any atom is 0.330 e. The minimum absolute atomic E-state index is 0.313. The van der Waals surface area contributed by atoms with Crippen LogP contribution < -0.4 is 0 Å². The van der Waals surface area contributed by atoms with Crippen LogP contribution in [0.1, 0.15) is 13.8 Å². The van der Waals surface area contributed by atoms with Gasteiger partial charge in [-0.3, -0.25) is 4.79 Å². The van der Waals surface area contributed by atoms with Crippen LogP contribution in [0.15, 0.2) is 24.3 Å². The lowest BCUT2D eigenvalue weighted by Crippen LogP contribution is -2.40. The largest absolute Gasteiger partial charge is 0.455 e.